The Morgan fingerprint density at radius 3 is 2.20 bits per heavy atom. The first kappa shape index (κ1) is 35.7. The first-order chi connectivity index (χ1) is 20.7. The van der Waals surface area contributed by atoms with Crippen LogP contribution in [0.15, 0.2) is 11.6 Å². The molecule has 1 unspecified atom stereocenters. The van der Waals surface area contributed by atoms with Crippen LogP contribution < -0.4 is 0 Å². The average Bonchev–Trinajstić information content (AvgIpc) is 3.22. The van der Waals surface area contributed by atoms with Gasteiger partial charge in [-0.1, -0.05) is 53.2 Å². The molecule has 9 heteroatoms. The monoisotopic (exact) mass is 638 g/mol. The third-order valence-corrected chi connectivity index (χ3v) is 14.5. The predicted octanol–water partition coefficient (Wildman–Crippen LogP) is 3.30. The van der Waals surface area contributed by atoms with E-state index in [1.54, 1.807) is 13.8 Å². The molecule has 15 atom stereocenters. The summed E-state index contributed by atoms with van der Waals surface area (Å²) in [6.07, 6.45) is 0.736. The number of hydrogen-bond donors (Lipinski definition) is 7. The second kappa shape index (κ2) is 12.1. The minimum Gasteiger partial charge on any atom is -0.394 e. The molecular formula is C36H62O9. The Morgan fingerprint density at radius 2 is 1.58 bits per heavy atom. The van der Waals surface area contributed by atoms with Crippen LogP contribution in [-0.2, 0) is 9.47 Å². The molecule has 0 aromatic heterocycles. The lowest BCUT2D eigenvalue weighted by molar-refractivity contribution is -0.322. The van der Waals surface area contributed by atoms with Crippen molar-refractivity contribution >= 4 is 0 Å². The Labute approximate surface area is 270 Å². The molecule has 5 aliphatic rings. The molecule has 1 heterocycles. The van der Waals surface area contributed by atoms with Crippen LogP contribution in [0.5, 0.6) is 0 Å². The fourth-order valence-corrected chi connectivity index (χ4v) is 11.2. The van der Waals surface area contributed by atoms with Crippen LogP contribution in [0, 0.1) is 45.3 Å². The van der Waals surface area contributed by atoms with Crippen molar-refractivity contribution in [1.82, 2.24) is 0 Å². The zero-order valence-electron chi connectivity index (χ0n) is 28.8. The summed E-state index contributed by atoms with van der Waals surface area (Å²) in [7, 11) is 0. The minimum absolute atomic E-state index is 0.0463. The number of aliphatic hydroxyl groups is 7. The van der Waals surface area contributed by atoms with Gasteiger partial charge in [-0.15, -0.1) is 0 Å². The maximum Gasteiger partial charge on any atom is 0.187 e. The molecule has 260 valence electrons. The molecule has 0 amide bonds. The molecule has 45 heavy (non-hydrogen) atoms. The standard InChI is InChI=1S/C36H62O9/c1-19(9-14-27(33(4,5)43)45-31-30(42)29(41)28(40)23(18-37)44-31)20-15-16-34(6)24-12-10-21-22(11-13-25(38)32(21,2)3)36(24,8)26(39)17-35(20,34)7/h10,19-20,22-31,37-43H,9,11-18H2,1-8H3/t19-,20-,22?,23-,24+,25+,26-,27-,28-,29+,30-,31+,34+,35-,36+/m1/s1. The van der Waals surface area contributed by atoms with E-state index in [2.05, 4.69) is 47.6 Å². The van der Waals surface area contributed by atoms with Crippen molar-refractivity contribution in [2.24, 2.45) is 45.3 Å². The Kier molecular flexibility index (Phi) is 9.56. The van der Waals surface area contributed by atoms with Crippen LogP contribution in [0.4, 0.5) is 0 Å². The Balaban J connectivity index is 1.33. The van der Waals surface area contributed by atoms with Crippen molar-refractivity contribution in [3.8, 4) is 0 Å². The van der Waals surface area contributed by atoms with Crippen LogP contribution in [0.1, 0.15) is 107 Å². The summed E-state index contributed by atoms with van der Waals surface area (Å²) in [6, 6.07) is 0. The number of rotatable bonds is 8. The van der Waals surface area contributed by atoms with Gasteiger partial charge in [0.05, 0.1) is 30.5 Å². The fraction of sp³-hybridized carbons (Fsp3) is 0.944. The molecule has 4 aliphatic carbocycles. The van der Waals surface area contributed by atoms with Gasteiger partial charge in [0, 0.05) is 10.8 Å². The van der Waals surface area contributed by atoms with E-state index in [9.17, 15) is 35.7 Å². The Bertz CT molecular complexity index is 1100. The topological polar surface area (TPSA) is 160 Å². The summed E-state index contributed by atoms with van der Waals surface area (Å²) >= 11 is 0. The molecule has 1 saturated heterocycles. The van der Waals surface area contributed by atoms with Gasteiger partial charge >= 0.3 is 0 Å². The van der Waals surface area contributed by atoms with Gasteiger partial charge in [0.2, 0.25) is 0 Å². The van der Waals surface area contributed by atoms with Crippen molar-refractivity contribution in [3.63, 3.8) is 0 Å². The molecule has 9 nitrogen and oxygen atoms in total. The lowest BCUT2D eigenvalue weighted by Crippen LogP contribution is -2.64. The first-order valence-corrected chi connectivity index (χ1v) is 17.5. The molecule has 0 bridgehead atoms. The molecule has 0 aromatic carbocycles. The predicted molar refractivity (Wildman–Crippen MR) is 170 cm³/mol. The van der Waals surface area contributed by atoms with Crippen LogP contribution in [-0.4, -0.2) is 97.0 Å². The van der Waals surface area contributed by atoms with Crippen molar-refractivity contribution < 1.29 is 45.2 Å². The average molecular weight is 639 g/mol. The molecular weight excluding hydrogens is 576 g/mol. The Morgan fingerprint density at radius 1 is 0.911 bits per heavy atom. The highest BCUT2D eigenvalue weighted by Gasteiger charge is 2.70. The highest BCUT2D eigenvalue weighted by Crippen LogP contribution is 2.75. The molecule has 7 N–H and O–H groups in total. The summed E-state index contributed by atoms with van der Waals surface area (Å²) in [5.41, 5.74) is -0.481. The molecule has 3 saturated carbocycles. The zero-order valence-corrected chi connectivity index (χ0v) is 28.8. The molecule has 0 aromatic rings. The van der Waals surface area contributed by atoms with E-state index in [-0.39, 0.29) is 39.6 Å². The van der Waals surface area contributed by atoms with Gasteiger partial charge in [-0.3, -0.25) is 0 Å². The number of allylic oxidation sites excluding steroid dienone is 1. The van der Waals surface area contributed by atoms with E-state index < -0.39 is 55.1 Å². The van der Waals surface area contributed by atoms with Crippen molar-refractivity contribution in [2.45, 2.75) is 161 Å². The van der Waals surface area contributed by atoms with Gasteiger partial charge in [0.1, 0.15) is 24.4 Å². The second-order valence-electron chi connectivity index (χ2n) is 17.4. The summed E-state index contributed by atoms with van der Waals surface area (Å²) < 4.78 is 11.7. The summed E-state index contributed by atoms with van der Waals surface area (Å²) in [5.74, 6) is 1.26. The summed E-state index contributed by atoms with van der Waals surface area (Å²) in [6.45, 7) is 16.5. The van der Waals surface area contributed by atoms with Gasteiger partial charge in [-0.25, -0.2) is 0 Å². The fourth-order valence-electron chi connectivity index (χ4n) is 11.2. The summed E-state index contributed by atoms with van der Waals surface area (Å²) in [4.78, 5) is 0. The molecule has 0 spiro atoms. The van der Waals surface area contributed by atoms with Gasteiger partial charge in [-0.05, 0) is 99.7 Å². The van der Waals surface area contributed by atoms with E-state index in [0.717, 1.165) is 44.9 Å². The number of ether oxygens (including phenoxy) is 2. The lowest BCUT2D eigenvalue weighted by Gasteiger charge is -2.67. The number of fused-ring (bicyclic) bond motifs is 5. The number of hydrogen-bond acceptors (Lipinski definition) is 9. The van der Waals surface area contributed by atoms with Gasteiger partial charge in [0.15, 0.2) is 6.29 Å². The summed E-state index contributed by atoms with van der Waals surface area (Å²) in [5, 5.41) is 74.7. The van der Waals surface area contributed by atoms with E-state index in [0.29, 0.717) is 18.3 Å². The SMILES string of the molecule is C[C@H](CC[C@@H](O[C@@H]1O[C@H](CO)[C@@H](O)[C@H](O)[C@H]1O)C(C)(C)O)[C@H]1CC[C@@]2(C)[C@@H]3CC=C4C(CC[C@H](O)C4(C)C)[C@]3(C)[C@H](O)C[C@]12C. The maximum atomic E-state index is 12.1. The highest BCUT2D eigenvalue weighted by atomic mass is 16.7. The third kappa shape index (κ3) is 5.48. The van der Waals surface area contributed by atoms with E-state index in [1.807, 2.05) is 0 Å². The van der Waals surface area contributed by atoms with Crippen molar-refractivity contribution in [3.05, 3.63) is 11.6 Å². The van der Waals surface area contributed by atoms with Crippen molar-refractivity contribution in [1.29, 1.82) is 0 Å². The zero-order chi connectivity index (χ0) is 33.5. The van der Waals surface area contributed by atoms with E-state index in [4.69, 9.17) is 9.47 Å². The second-order valence-corrected chi connectivity index (χ2v) is 17.4. The lowest BCUT2D eigenvalue weighted by atomic mass is 9.38. The van der Waals surface area contributed by atoms with Gasteiger partial charge in [-0.2, -0.15) is 0 Å². The third-order valence-electron chi connectivity index (χ3n) is 14.5. The normalized spacial score (nSPS) is 49.4. The van der Waals surface area contributed by atoms with Crippen LogP contribution in [0.3, 0.4) is 0 Å². The minimum atomic E-state index is -1.54. The van der Waals surface area contributed by atoms with E-state index in [1.165, 1.54) is 5.57 Å². The van der Waals surface area contributed by atoms with Gasteiger partial charge < -0.3 is 45.2 Å². The molecule has 5 rings (SSSR count). The van der Waals surface area contributed by atoms with Crippen LogP contribution in [0.25, 0.3) is 0 Å². The molecule has 0 radical (unpaired) electrons. The van der Waals surface area contributed by atoms with Gasteiger partial charge in [0.25, 0.3) is 0 Å². The van der Waals surface area contributed by atoms with Crippen LogP contribution >= 0.6 is 0 Å². The van der Waals surface area contributed by atoms with Crippen molar-refractivity contribution in [2.75, 3.05) is 6.61 Å². The Hall–Kier alpha value is -0.620. The first-order valence-electron chi connectivity index (χ1n) is 17.5. The number of aliphatic hydroxyl groups excluding tert-OH is 6. The molecule has 4 fully saturated rings. The maximum absolute atomic E-state index is 12.1. The quantitative estimate of drug-likeness (QED) is 0.198. The highest BCUT2D eigenvalue weighted by molar-refractivity contribution is 5.31. The smallest absolute Gasteiger partial charge is 0.187 e. The molecule has 1 aliphatic heterocycles. The largest absolute Gasteiger partial charge is 0.394 e. The van der Waals surface area contributed by atoms with E-state index >= 15 is 0 Å². The van der Waals surface area contributed by atoms with Crippen LogP contribution in [0.2, 0.25) is 0 Å².